The number of hydrogen-bond donors (Lipinski definition) is 0. The maximum Gasteiger partial charge on any atom is 0.255 e. The fourth-order valence-electron chi connectivity index (χ4n) is 2.98. The fourth-order valence-corrected chi connectivity index (χ4v) is 2.98. The second kappa shape index (κ2) is 6.59. The molecule has 3 heterocycles. The number of carbonyl (C=O) groups is 2. The van der Waals surface area contributed by atoms with Gasteiger partial charge in [-0.05, 0) is 6.07 Å². The minimum atomic E-state index is -0.670. The van der Waals surface area contributed by atoms with Gasteiger partial charge in [0.05, 0.1) is 50.9 Å². The number of carbonyl (C=O) groups excluding carboxylic acids is 2. The zero-order chi connectivity index (χ0) is 16.3. The molecule has 0 bridgehead atoms. The maximum absolute atomic E-state index is 12.6. The quantitative estimate of drug-likeness (QED) is 0.698. The second-order valence-corrected chi connectivity index (χ2v) is 5.88. The Morgan fingerprint density at radius 3 is 2.70 bits per heavy atom. The van der Waals surface area contributed by atoms with Gasteiger partial charge in [0.15, 0.2) is 0 Å². The third-order valence-electron chi connectivity index (χ3n) is 4.16. The van der Waals surface area contributed by atoms with Crippen molar-refractivity contribution in [2.45, 2.75) is 12.5 Å². The van der Waals surface area contributed by atoms with E-state index in [0.717, 1.165) is 0 Å². The predicted molar refractivity (Wildman–Crippen MR) is 79.7 cm³/mol. The average molecular weight is 320 g/mol. The largest absolute Gasteiger partial charge is 0.376 e. The number of hydrogen-bond acceptors (Lipinski definition) is 6. The molecule has 2 fully saturated rings. The molecule has 0 radical (unpaired) electrons. The second-order valence-electron chi connectivity index (χ2n) is 5.88. The lowest BCUT2D eigenvalue weighted by atomic mass is 10.0. The Hall–Kier alpha value is -2.06. The topological polar surface area (TPSA) is 84.9 Å². The molecule has 1 atom stereocenters. The molecule has 1 spiro atoms. The van der Waals surface area contributed by atoms with Crippen molar-refractivity contribution in [3.05, 3.63) is 24.0 Å². The molecule has 8 heteroatoms. The third kappa shape index (κ3) is 3.48. The van der Waals surface area contributed by atoms with Crippen LogP contribution < -0.4 is 0 Å². The van der Waals surface area contributed by atoms with Crippen molar-refractivity contribution < 1.29 is 19.1 Å². The molecule has 23 heavy (non-hydrogen) atoms. The number of aromatic nitrogens is 2. The minimum absolute atomic E-state index is 0.0136. The van der Waals surface area contributed by atoms with Crippen molar-refractivity contribution >= 4 is 11.8 Å². The molecule has 2 aliphatic heterocycles. The number of rotatable bonds is 1. The van der Waals surface area contributed by atoms with Gasteiger partial charge in [0.2, 0.25) is 5.91 Å². The van der Waals surface area contributed by atoms with E-state index in [4.69, 9.17) is 9.47 Å². The zero-order valence-electron chi connectivity index (χ0n) is 13.1. The van der Waals surface area contributed by atoms with Crippen LogP contribution in [-0.4, -0.2) is 83.4 Å². The van der Waals surface area contributed by atoms with E-state index in [9.17, 15) is 9.59 Å². The molecular weight excluding hydrogens is 300 g/mol. The van der Waals surface area contributed by atoms with Crippen LogP contribution in [-0.2, 0) is 14.3 Å². The number of nitrogens with zero attached hydrogens (tertiary/aromatic N) is 4. The summed E-state index contributed by atoms with van der Waals surface area (Å²) in [4.78, 5) is 27.8. The summed E-state index contributed by atoms with van der Waals surface area (Å²) >= 11 is 0. The SMILES string of the molecule is CC(=O)N1CCOC[C@]2(C1)CN(C(=O)c1ccnnc1)CCO2. The highest BCUT2D eigenvalue weighted by atomic mass is 16.5. The van der Waals surface area contributed by atoms with Gasteiger partial charge >= 0.3 is 0 Å². The lowest BCUT2D eigenvalue weighted by molar-refractivity contribution is -0.145. The van der Waals surface area contributed by atoms with Crippen molar-refractivity contribution in [1.29, 1.82) is 0 Å². The summed E-state index contributed by atoms with van der Waals surface area (Å²) in [6.07, 6.45) is 2.95. The molecule has 0 N–H and O–H groups in total. The number of amides is 2. The molecule has 124 valence electrons. The van der Waals surface area contributed by atoms with Gasteiger partial charge in [-0.2, -0.15) is 10.2 Å². The lowest BCUT2D eigenvalue weighted by Crippen LogP contribution is -2.60. The van der Waals surface area contributed by atoms with E-state index in [-0.39, 0.29) is 11.8 Å². The molecule has 0 aliphatic carbocycles. The van der Waals surface area contributed by atoms with Crippen LogP contribution in [0.1, 0.15) is 17.3 Å². The van der Waals surface area contributed by atoms with Gasteiger partial charge < -0.3 is 19.3 Å². The van der Waals surface area contributed by atoms with E-state index in [1.807, 2.05) is 0 Å². The number of morpholine rings is 1. The summed E-state index contributed by atoms with van der Waals surface area (Å²) in [5, 5.41) is 7.44. The van der Waals surface area contributed by atoms with Crippen molar-refractivity contribution in [2.24, 2.45) is 0 Å². The van der Waals surface area contributed by atoms with E-state index in [0.29, 0.717) is 51.6 Å². The normalized spacial score (nSPS) is 25.3. The van der Waals surface area contributed by atoms with Crippen molar-refractivity contribution in [3.63, 3.8) is 0 Å². The van der Waals surface area contributed by atoms with E-state index < -0.39 is 5.60 Å². The van der Waals surface area contributed by atoms with Crippen LogP contribution in [0, 0.1) is 0 Å². The standard InChI is InChI=1S/C15H20N4O4/c1-12(20)18-4-6-22-11-15(9-18)10-19(5-7-23-15)14(21)13-2-3-16-17-8-13/h2-3,8H,4-7,9-11H2,1H3/t15-/m0/s1. The van der Waals surface area contributed by atoms with Crippen molar-refractivity contribution in [3.8, 4) is 0 Å². The van der Waals surface area contributed by atoms with Crippen LogP contribution in [0.5, 0.6) is 0 Å². The van der Waals surface area contributed by atoms with Crippen LogP contribution in [0.4, 0.5) is 0 Å². The molecule has 3 rings (SSSR count). The van der Waals surface area contributed by atoms with Crippen molar-refractivity contribution in [1.82, 2.24) is 20.0 Å². The molecule has 0 aromatic carbocycles. The Labute approximate surface area is 134 Å². The lowest BCUT2D eigenvalue weighted by Gasteiger charge is -2.43. The van der Waals surface area contributed by atoms with Crippen LogP contribution in [0.25, 0.3) is 0 Å². The Morgan fingerprint density at radius 2 is 1.96 bits per heavy atom. The van der Waals surface area contributed by atoms with Crippen LogP contribution in [0.3, 0.4) is 0 Å². The van der Waals surface area contributed by atoms with Gasteiger partial charge in [-0.25, -0.2) is 0 Å². The molecule has 8 nitrogen and oxygen atoms in total. The molecule has 1 aromatic heterocycles. The molecule has 2 saturated heterocycles. The van der Waals surface area contributed by atoms with E-state index in [1.54, 1.807) is 15.9 Å². The first-order valence-electron chi connectivity index (χ1n) is 7.63. The monoisotopic (exact) mass is 320 g/mol. The van der Waals surface area contributed by atoms with Gasteiger partial charge in [-0.3, -0.25) is 9.59 Å². The highest BCUT2D eigenvalue weighted by Crippen LogP contribution is 2.23. The third-order valence-corrected chi connectivity index (χ3v) is 4.16. The Morgan fingerprint density at radius 1 is 1.17 bits per heavy atom. The van der Waals surface area contributed by atoms with Crippen molar-refractivity contribution in [2.75, 3.05) is 46.0 Å². The highest BCUT2D eigenvalue weighted by Gasteiger charge is 2.42. The first-order chi connectivity index (χ1) is 11.1. The van der Waals surface area contributed by atoms with Crippen LogP contribution in [0.2, 0.25) is 0 Å². The summed E-state index contributed by atoms with van der Waals surface area (Å²) in [7, 11) is 0. The number of ether oxygens (including phenoxy) is 2. The van der Waals surface area contributed by atoms with Crippen LogP contribution >= 0.6 is 0 Å². The van der Waals surface area contributed by atoms with Crippen LogP contribution in [0.15, 0.2) is 18.5 Å². The van der Waals surface area contributed by atoms with Gasteiger partial charge in [0.25, 0.3) is 5.91 Å². The Balaban J connectivity index is 1.76. The highest BCUT2D eigenvalue weighted by molar-refractivity contribution is 5.93. The molecule has 2 aliphatic rings. The molecule has 0 unspecified atom stereocenters. The van der Waals surface area contributed by atoms with Gasteiger partial charge in [0, 0.05) is 20.0 Å². The minimum Gasteiger partial charge on any atom is -0.376 e. The fraction of sp³-hybridized carbons (Fsp3) is 0.600. The zero-order valence-corrected chi connectivity index (χ0v) is 13.1. The average Bonchev–Trinajstić information content (AvgIpc) is 2.78. The summed E-state index contributed by atoms with van der Waals surface area (Å²) in [5.41, 5.74) is -0.175. The Kier molecular flexibility index (Phi) is 4.53. The molecular formula is C15H20N4O4. The van der Waals surface area contributed by atoms with Gasteiger partial charge in [-0.1, -0.05) is 0 Å². The summed E-state index contributed by atoms with van der Waals surface area (Å²) < 4.78 is 11.6. The molecule has 0 saturated carbocycles. The molecule has 1 aromatic rings. The maximum atomic E-state index is 12.6. The summed E-state index contributed by atoms with van der Waals surface area (Å²) in [6, 6.07) is 1.64. The smallest absolute Gasteiger partial charge is 0.255 e. The molecule has 2 amide bonds. The van der Waals surface area contributed by atoms with Gasteiger partial charge in [-0.15, -0.1) is 0 Å². The Bertz CT molecular complexity index is 582. The summed E-state index contributed by atoms with van der Waals surface area (Å²) in [6.45, 7) is 4.67. The van der Waals surface area contributed by atoms with Gasteiger partial charge in [0.1, 0.15) is 5.60 Å². The first-order valence-corrected chi connectivity index (χ1v) is 7.63. The van der Waals surface area contributed by atoms with E-state index in [2.05, 4.69) is 10.2 Å². The van der Waals surface area contributed by atoms with E-state index in [1.165, 1.54) is 19.3 Å². The summed E-state index contributed by atoms with van der Waals surface area (Å²) in [5.74, 6) is -0.124. The first kappa shape index (κ1) is 15.8. The predicted octanol–water partition coefficient (Wildman–Crippen LogP) is -0.433. The van der Waals surface area contributed by atoms with E-state index >= 15 is 0 Å².